The summed E-state index contributed by atoms with van der Waals surface area (Å²) in [6.45, 7) is 0. The van der Waals surface area contributed by atoms with Gasteiger partial charge in [0.25, 0.3) is 0 Å². The molecule has 6 heteroatoms. The Balaban J connectivity index is 1.54. The number of fused-ring (bicyclic) bond motifs is 1. The fourth-order valence-electron chi connectivity index (χ4n) is 3.30. The smallest absolute Gasteiger partial charge is 0.224 e. The minimum atomic E-state index is -0.517. The van der Waals surface area contributed by atoms with Gasteiger partial charge in [-0.1, -0.05) is 30.3 Å². The lowest BCUT2D eigenvalue weighted by molar-refractivity contribution is -0.116. The number of aryl methyl sites for hydroxylation is 1. The highest BCUT2D eigenvalue weighted by atomic mass is 19.1. The van der Waals surface area contributed by atoms with Crippen LogP contribution in [0.4, 0.5) is 10.1 Å². The van der Waals surface area contributed by atoms with Crippen molar-refractivity contribution in [1.82, 2.24) is 9.55 Å². The zero-order valence-corrected chi connectivity index (χ0v) is 15.9. The van der Waals surface area contributed by atoms with E-state index in [0.717, 1.165) is 22.5 Å². The quantitative estimate of drug-likeness (QED) is 0.518. The summed E-state index contributed by atoms with van der Waals surface area (Å²) in [6.07, 6.45) is 0.678. The Morgan fingerprint density at radius 1 is 1.07 bits per heavy atom. The molecule has 0 fully saturated rings. The molecule has 0 aliphatic carbocycles. The Labute approximate surface area is 167 Å². The largest absolute Gasteiger partial charge is 0.494 e. The fourth-order valence-corrected chi connectivity index (χ4v) is 3.30. The molecule has 0 bridgehead atoms. The van der Waals surface area contributed by atoms with E-state index in [1.54, 1.807) is 6.07 Å². The van der Waals surface area contributed by atoms with Crippen molar-refractivity contribution in [3.8, 4) is 11.4 Å². The molecule has 0 spiro atoms. The van der Waals surface area contributed by atoms with E-state index in [4.69, 9.17) is 9.72 Å². The van der Waals surface area contributed by atoms with E-state index >= 15 is 0 Å². The zero-order chi connectivity index (χ0) is 20.2. The second-order valence-electron chi connectivity index (χ2n) is 6.59. The van der Waals surface area contributed by atoms with Gasteiger partial charge in [-0.3, -0.25) is 9.36 Å². The maximum Gasteiger partial charge on any atom is 0.224 e. The Morgan fingerprint density at radius 3 is 2.59 bits per heavy atom. The van der Waals surface area contributed by atoms with Gasteiger partial charge in [-0.15, -0.1) is 0 Å². The molecule has 4 rings (SSSR count). The Hall–Kier alpha value is -3.67. The molecular formula is C23H20FN3O2. The topological polar surface area (TPSA) is 56.1 Å². The van der Waals surface area contributed by atoms with E-state index in [2.05, 4.69) is 9.88 Å². The average Bonchev–Trinajstić information content (AvgIpc) is 3.11. The van der Waals surface area contributed by atoms with E-state index in [-0.39, 0.29) is 18.1 Å². The molecule has 1 heterocycles. The number of para-hydroxylation sites is 3. The van der Waals surface area contributed by atoms with Crippen molar-refractivity contribution in [3.63, 3.8) is 0 Å². The number of halogens is 1. The summed E-state index contributed by atoms with van der Waals surface area (Å²) in [5.41, 5.74) is 3.26. The molecule has 29 heavy (non-hydrogen) atoms. The maximum absolute atomic E-state index is 13.8. The average molecular weight is 389 g/mol. The second kappa shape index (κ2) is 8.14. The number of hydrogen-bond acceptors (Lipinski definition) is 3. The van der Waals surface area contributed by atoms with E-state index in [1.165, 1.54) is 19.2 Å². The molecule has 0 saturated carbocycles. The number of methoxy groups -OCH3 is 1. The van der Waals surface area contributed by atoms with Crippen LogP contribution in [0.1, 0.15) is 12.2 Å². The van der Waals surface area contributed by atoms with E-state index in [9.17, 15) is 9.18 Å². The van der Waals surface area contributed by atoms with Crippen LogP contribution in [0.2, 0.25) is 0 Å². The lowest BCUT2D eigenvalue weighted by Crippen LogP contribution is -2.14. The normalized spacial score (nSPS) is 10.8. The molecule has 146 valence electrons. The second-order valence-corrected chi connectivity index (χ2v) is 6.59. The first-order valence-electron chi connectivity index (χ1n) is 9.31. The van der Waals surface area contributed by atoms with E-state index in [1.807, 2.05) is 54.6 Å². The summed E-state index contributed by atoms with van der Waals surface area (Å²) >= 11 is 0. The van der Waals surface area contributed by atoms with Gasteiger partial charge in [-0.25, -0.2) is 9.37 Å². The summed E-state index contributed by atoms with van der Waals surface area (Å²) < 4.78 is 20.8. The van der Waals surface area contributed by atoms with Crippen LogP contribution in [0.15, 0.2) is 72.8 Å². The van der Waals surface area contributed by atoms with Crippen LogP contribution in [-0.4, -0.2) is 22.6 Å². The molecular weight excluding hydrogens is 369 g/mol. The number of nitrogens with one attached hydrogen (secondary N) is 1. The first-order valence-corrected chi connectivity index (χ1v) is 9.31. The molecule has 1 aromatic heterocycles. The van der Waals surface area contributed by atoms with Crippen molar-refractivity contribution in [2.45, 2.75) is 12.8 Å². The summed E-state index contributed by atoms with van der Waals surface area (Å²) in [7, 11) is 1.40. The van der Waals surface area contributed by atoms with Crippen molar-refractivity contribution in [2.75, 3.05) is 12.4 Å². The van der Waals surface area contributed by atoms with Gasteiger partial charge in [0.2, 0.25) is 5.91 Å². The zero-order valence-electron chi connectivity index (χ0n) is 15.9. The number of carbonyl (C=O) groups excluding carboxylic acids is 1. The van der Waals surface area contributed by atoms with Gasteiger partial charge >= 0.3 is 0 Å². The van der Waals surface area contributed by atoms with Crippen molar-refractivity contribution in [2.24, 2.45) is 0 Å². The number of anilines is 1. The monoisotopic (exact) mass is 389 g/mol. The predicted octanol–water partition coefficient (Wildman–Crippen LogP) is 4.74. The van der Waals surface area contributed by atoms with Crippen LogP contribution in [0.3, 0.4) is 0 Å². The minimum absolute atomic E-state index is 0.138. The Morgan fingerprint density at radius 2 is 1.83 bits per heavy atom. The number of imidazole rings is 1. The minimum Gasteiger partial charge on any atom is -0.494 e. The Kier molecular flexibility index (Phi) is 5.24. The van der Waals surface area contributed by atoms with E-state index < -0.39 is 5.82 Å². The molecule has 0 radical (unpaired) electrons. The number of ether oxygens (including phenoxy) is 1. The maximum atomic E-state index is 13.8. The van der Waals surface area contributed by atoms with Crippen molar-refractivity contribution in [1.29, 1.82) is 0 Å². The van der Waals surface area contributed by atoms with Crippen molar-refractivity contribution in [3.05, 3.63) is 84.4 Å². The molecule has 1 amide bonds. The number of rotatable bonds is 6. The van der Waals surface area contributed by atoms with Crippen LogP contribution < -0.4 is 10.1 Å². The number of nitrogens with zero attached hydrogens (tertiary/aromatic N) is 2. The first kappa shape index (κ1) is 18.7. The Bertz CT molecular complexity index is 1160. The molecule has 0 saturated heterocycles. The highest BCUT2D eigenvalue weighted by molar-refractivity contribution is 5.91. The third-order valence-electron chi connectivity index (χ3n) is 4.66. The predicted molar refractivity (Wildman–Crippen MR) is 111 cm³/mol. The van der Waals surface area contributed by atoms with Crippen molar-refractivity contribution >= 4 is 22.6 Å². The van der Waals surface area contributed by atoms with Gasteiger partial charge in [0.05, 0.1) is 18.1 Å². The van der Waals surface area contributed by atoms with Gasteiger partial charge in [0, 0.05) is 30.3 Å². The van der Waals surface area contributed by atoms with Crippen LogP contribution in [-0.2, 0) is 11.2 Å². The summed E-state index contributed by atoms with van der Waals surface area (Å²) in [6, 6.07) is 22.2. The number of aromatic nitrogens is 2. The standard InChI is InChI=1S/C23H20FN3O2/c1-29-21-12-11-16(15-18(21)24)25-23(28)14-13-22-26-19-9-5-6-10-20(19)27(22)17-7-3-2-4-8-17/h2-12,15H,13-14H2,1H3,(H,25,28). The summed E-state index contributed by atoms with van der Waals surface area (Å²) in [5.74, 6) is 0.213. The fraction of sp³-hybridized carbons (Fsp3) is 0.130. The van der Waals surface area contributed by atoms with E-state index in [0.29, 0.717) is 12.1 Å². The molecule has 0 unspecified atom stereocenters. The highest BCUT2D eigenvalue weighted by Gasteiger charge is 2.14. The summed E-state index contributed by atoms with van der Waals surface area (Å²) in [5, 5.41) is 2.73. The van der Waals surface area contributed by atoms with Gasteiger partial charge in [-0.05, 0) is 36.4 Å². The first-order chi connectivity index (χ1) is 14.2. The molecule has 0 aliphatic heterocycles. The molecule has 0 aliphatic rings. The number of hydrogen-bond donors (Lipinski definition) is 1. The van der Waals surface area contributed by atoms with Crippen LogP contribution in [0.25, 0.3) is 16.7 Å². The number of carbonyl (C=O) groups is 1. The number of benzene rings is 3. The number of amides is 1. The van der Waals surface area contributed by atoms with Crippen LogP contribution >= 0.6 is 0 Å². The summed E-state index contributed by atoms with van der Waals surface area (Å²) in [4.78, 5) is 17.1. The van der Waals surface area contributed by atoms with Crippen LogP contribution in [0.5, 0.6) is 5.75 Å². The molecule has 0 atom stereocenters. The lowest BCUT2D eigenvalue weighted by Gasteiger charge is -2.10. The van der Waals surface area contributed by atoms with Crippen LogP contribution in [0, 0.1) is 5.82 Å². The van der Waals surface area contributed by atoms with Gasteiger partial charge in [0.15, 0.2) is 11.6 Å². The molecule has 3 aromatic carbocycles. The van der Waals surface area contributed by atoms with Gasteiger partial charge in [0.1, 0.15) is 5.82 Å². The lowest BCUT2D eigenvalue weighted by atomic mass is 10.2. The molecule has 1 N–H and O–H groups in total. The van der Waals surface area contributed by atoms with Gasteiger partial charge in [-0.2, -0.15) is 0 Å². The third-order valence-corrected chi connectivity index (χ3v) is 4.66. The highest BCUT2D eigenvalue weighted by Crippen LogP contribution is 2.23. The third kappa shape index (κ3) is 3.96. The SMILES string of the molecule is COc1ccc(NC(=O)CCc2nc3ccccc3n2-c2ccccc2)cc1F. The molecule has 5 nitrogen and oxygen atoms in total. The van der Waals surface area contributed by atoms with Gasteiger partial charge < -0.3 is 10.1 Å². The molecule has 4 aromatic rings. The van der Waals surface area contributed by atoms with Crippen molar-refractivity contribution < 1.29 is 13.9 Å².